The van der Waals surface area contributed by atoms with Crippen molar-refractivity contribution < 1.29 is 0 Å². The fraction of sp³-hybridized carbons (Fsp3) is 0.0588. The van der Waals surface area contributed by atoms with Gasteiger partial charge in [0, 0.05) is 34.9 Å². The number of hydrogen-bond donors (Lipinski definition) is 2. The van der Waals surface area contributed by atoms with Crippen LogP contribution in [0, 0.1) is 12.3 Å². The lowest BCUT2D eigenvalue weighted by Gasteiger charge is -2.08. The minimum atomic E-state index is 0.781. The Morgan fingerprint density at radius 1 is 1.11 bits per heavy atom. The molecule has 0 atom stereocenters. The van der Waals surface area contributed by atoms with Crippen LogP contribution in [0.25, 0.3) is 10.9 Å². The van der Waals surface area contributed by atoms with Crippen LogP contribution in [0.15, 0.2) is 54.7 Å². The van der Waals surface area contributed by atoms with Gasteiger partial charge < -0.3 is 10.3 Å². The Labute approximate surface area is 112 Å². The first-order valence-electron chi connectivity index (χ1n) is 6.22. The Kier molecular flexibility index (Phi) is 2.96. The first kappa shape index (κ1) is 11.4. The quantitative estimate of drug-likeness (QED) is 0.677. The Bertz CT molecular complexity index is 747. The molecule has 2 aromatic carbocycles. The van der Waals surface area contributed by atoms with Crippen LogP contribution >= 0.6 is 0 Å². The number of terminal acetylenes is 1. The zero-order chi connectivity index (χ0) is 13.1. The highest BCUT2D eigenvalue weighted by Crippen LogP contribution is 2.19. The van der Waals surface area contributed by atoms with Gasteiger partial charge in [-0.25, -0.2) is 0 Å². The molecule has 0 bridgehead atoms. The number of H-pyrrole nitrogens is 1. The van der Waals surface area contributed by atoms with Crippen LogP contribution < -0.4 is 5.32 Å². The van der Waals surface area contributed by atoms with Gasteiger partial charge in [-0.05, 0) is 35.9 Å². The van der Waals surface area contributed by atoms with Gasteiger partial charge in [0.25, 0.3) is 0 Å². The van der Waals surface area contributed by atoms with Crippen LogP contribution in [0.2, 0.25) is 0 Å². The summed E-state index contributed by atoms with van der Waals surface area (Å²) < 4.78 is 0. The molecule has 2 heteroatoms. The van der Waals surface area contributed by atoms with E-state index in [-0.39, 0.29) is 0 Å². The summed E-state index contributed by atoms with van der Waals surface area (Å²) in [4.78, 5) is 3.22. The number of fused-ring (bicyclic) bond motifs is 1. The van der Waals surface area contributed by atoms with E-state index in [1.54, 1.807) is 0 Å². The summed E-state index contributed by atoms with van der Waals surface area (Å²) in [6.07, 6.45) is 7.37. The normalized spacial score (nSPS) is 10.3. The molecule has 0 saturated heterocycles. The van der Waals surface area contributed by atoms with Crippen molar-refractivity contribution in [1.29, 1.82) is 0 Å². The molecule has 0 aliphatic rings. The third-order valence-electron chi connectivity index (χ3n) is 3.20. The van der Waals surface area contributed by atoms with Crippen LogP contribution in [0.3, 0.4) is 0 Å². The fourth-order valence-corrected chi connectivity index (χ4v) is 2.22. The first-order valence-corrected chi connectivity index (χ1v) is 6.22. The number of aromatic nitrogens is 1. The maximum absolute atomic E-state index is 5.40. The Hall–Kier alpha value is -2.66. The molecule has 0 aliphatic carbocycles. The number of benzene rings is 2. The zero-order valence-corrected chi connectivity index (χ0v) is 10.5. The Morgan fingerprint density at radius 3 is 2.89 bits per heavy atom. The number of anilines is 1. The lowest BCUT2D eigenvalue weighted by molar-refractivity contribution is 1.17. The van der Waals surface area contributed by atoms with Crippen molar-refractivity contribution in [2.75, 3.05) is 5.32 Å². The summed E-state index contributed by atoms with van der Waals surface area (Å²) in [7, 11) is 0. The number of nitrogens with one attached hydrogen (secondary N) is 2. The summed E-state index contributed by atoms with van der Waals surface area (Å²) in [5.74, 6) is 2.65. The van der Waals surface area contributed by atoms with Crippen molar-refractivity contribution in [3.63, 3.8) is 0 Å². The van der Waals surface area contributed by atoms with Crippen molar-refractivity contribution >= 4 is 16.6 Å². The minimum absolute atomic E-state index is 0.781. The molecular formula is C17H14N2. The number of rotatable bonds is 3. The van der Waals surface area contributed by atoms with E-state index < -0.39 is 0 Å². The van der Waals surface area contributed by atoms with Crippen molar-refractivity contribution in [3.8, 4) is 12.3 Å². The highest BCUT2D eigenvalue weighted by molar-refractivity contribution is 5.83. The van der Waals surface area contributed by atoms with Crippen molar-refractivity contribution in [1.82, 2.24) is 4.98 Å². The third-order valence-corrected chi connectivity index (χ3v) is 3.20. The number of hydrogen-bond acceptors (Lipinski definition) is 1. The molecule has 0 amide bonds. The molecule has 0 radical (unpaired) electrons. The van der Waals surface area contributed by atoms with Crippen LogP contribution in [-0.4, -0.2) is 4.98 Å². The molecule has 2 nitrogen and oxygen atoms in total. The van der Waals surface area contributed by atoms with Crippen LogP contribution in [0.5, 0.6) is 0 Å². The SMILES string of the molecule is C#Cc1cccc(NCc2cccc3[nH]ccc23)c1. The second-order valence-corrected chi connectivity index (χ2v) is 4.43. The van der Waals surface area contributed by atoms with Crippen molar-refractivity contribution in [2.24, 2.45) is 0 Å². The second kappa shape index (κ2) is 4.91. The average molecular weight is 246 g/mol. The van der Waals surface area contributed by atoms with Gasteiger partial charge in [-0.3, -0.25) is 0 Å². The molecule has 0 spiro atoms. The molecule has 3 aromatic rings. The van der Waals surface area contributed by atoms with Gasteiger partial charge in [0.05, 0.1) is 0 Å². The van der Waals surface area contributed by atoms with Gasteiger partial charge in [-0.1, -0.05) is 24.1 Å². The van der Waals surface area contributed by atoms with Gasteiger partial charge in [-0.2, -0.15) is 0 Å². The van der Waals surface area contributed by atoms with E-state index in [9.17, 15) is 0 Å². The highest BCUT2D eigenvalue weighted by atomic mass is 14.9. The summed E-state index contributed by atoms with van der Waals surface area (Å²) in [6, 6.07) is 16.3. The topological polar surface area (TPSA) is 27.8 Å². The standard InChI is InChI=1S/C17H14N2/c1-2-13-5-3-7-15(11-13)19-12-14-6-4-8-17-16(14)9-10-18-17/h1,3-11,18-19H,12H2. The molecule has 19 heavy (non-hydrogen) atoms. The van der Waals surface area contributed by atoms with Crippen LogP contribution in [-0.2, 0) is 6.54 Å². The summed E-state index contributed by atoms with van der Waals surface area (Å²) in [5, 5.41) is 4.66. The average Bonchev–Trinajstić information content (AvgIpc) is 2.94. The second-order valence-electron chi connectivity index (χ2n) is 4.43. The predicted molar refractivity (Wildman–Crippen MR) is 80.0 cm³/mol. The van der Waals surface area contributed by atoms with E-state index in [0.29, 0.717) is 0 Å². The monoisotopic (exact) mass is 246 g/mol. The summed E-state index contributed by atoms with van der Waals surface area (Å²) in [6.45, 7) is 0.781. The molecule has 2 N–H and O–H groups in total. The van der Waals surface area contributed by atoms with Crippen LogP contribution in [0.4, 0.5) is 5.69 Å². The largest absolute Gasteiger partial charge is 0.381 e. The Morgan fingerprint density at radius 2 is 2.00 bits per heavy atom. The molecule has 92 valence electrons. The molecule has 0 unspecified atom stereocenters. The van der Waals surface area contributed by atoms with Gasteiger partial charge in [0.2, 0.25) is 0 Å². The van der Waals surface area contributed by atoms with E-state index in [1.165, 1.54) is 10.9 Å². The lowest BCUT2D eigenvalue weighted by atomic mass is 10.1. The van der Waals surface area contributed by atoms with Gasteiger partial charge >= 0.3 is 0 Å². The smallest absolute Gasteiger partial charge is 0.0457 e. The molecule has 3 rings (SSSR count). The van der Waals surface area contributed by atoms with E-state index in [1.807, 2.05) is 30.5 Å². The molecular weight excluding hydrogens is 232 g/mol. The van der Waals surface area contributed by atoms with Gasteiger partial charge in [0.15, 0.2) is 0 Å². The van der Waals surface area contributed by atoms with Crippen molar-refractivity contribution in [3.05, 3.63) is 65.9 Å². The zero-order valence-electron chi connectivity index (χ0n) is 10.5. The van der Waals surface area contributed by atoms with Crippen molar-refractivity contribution in [2.45, 2.75) is 6.54 Å². The summed E-state index contributed by atoms with van der Waals surface area (Å²) >= 11 is 0. The third kappa shape index (κ3) is 2.31. The Balaban J connectivity index is 1.82. The van der Waals surface area contributed by atoms with Gasteiger partial charge in [-0.15, -0.1) is 6.42 Å². The van der Waals surface area contributed by atoms with Gasteiger partial charge in [0.1, 0.15) is 0 Å². The van der Waals surface area contributed by atoms with E-state index >= 15 is 0 Å². The summed E-state index contributed by atoms with van der Waals surface area (Å²) in [5.41, 5.74) is 4.37. The molecule has 0 aliphatic heterocycles. The first-order chi connectivity index (χ1) is 9.36. The number of aromatic amines is 1. The molecule has 1 aromatic heterocycles. The van der Waals surface area contributed by atoms with E-state index in [4.69, 9.17) is 6.42 Å². The van der Waals surface area contributed by atoms with Crippen LogP contribution in [0.1, 0.15) is 11.1 Å². The highest BCUT2D eigenvalue weighted by Gasteiger charge is 2.01. The maximum Gasteiger partial charge on any atom is 0.0457 e. The van der Waals surface area contributed by atoms with E-state index in [2.05, 4.69) is 40.5 Å². The molecule has 1 heterocycles. The molecule has 0 saturated carbocycles. The lowest BCUT2D eigenvalue weighted by Crippen LogP contribution is -1.99. The van der Waals surface area contributed by atoms with E-state index in [0.717, 1.165) is 23.3 Å². The fourth-order valence-electron chi connectivity index (χ4n) is 2.22. The predicted octanol–water partition coefficient (Wildman–Crippen LogP) is 3.76. The minimum Gasteiger partial charge on any atom is -0.381 e. The maximum atomic E-state index is 5.40. The molecule has 0 fully saturated rings.